The quantitative estimate of drug-likeness (QED) is 0.257. The summed E-state index contributed by atoms with van der Waals surface area (Å²) in [5.41, 5.74) is 1.18. The molecule has 0 N–H and O–H groups in total. The van der Waals surface area contributed by atoms with Gasteiger partial charge in [-0.15, -0.1) is 0 Å². The second-order valence-electron chi connectivity index (χ2n) is 7.66. The van der Waals surface area contributed by atoms with Crippen molar-refractivity contribution in [1.29, 1.82) is 0 Å². The third-order valence-electron chi connectivity index (χ3n) is 5.60. The van der Waals surface area contributed by atoms with E-state index < -0.39 is 38.8 Å². The Balaban J connectivity index is 2.06. The summed E-state index contributed by atoms with van der Waals surface area (Å²) in [4.78, 5) is 34.7. The van der Waals surface area contributed by atoms with Crippen molar-refractivity contribution >= 4 is 28.0 Å². The molecule has 0 unspecified atom stereocenters. The first kappa shape index (κ1) is 23.6. The highest BCUT2D eigenvalue weighted by atomic mass is 32.2. The molecule has 1 aliphatic rings. The molecule has 9 nitrogen and oxygen atoms in total. The number of hydrogen-bond acceptors (Lipinski definition) is 7. The average Bonchev–Trinajstić information content (AvgIpc) is 3.13. The van der Waals surface area contributed by atoms with Gasteiger partial charge in [-0.2, -0.15) is 4.31 Å². The Hall–Kier alpha value is -3.11. The van der Waals surface area contributed by atoms with Crippen LogP contribution in [0.2, 0.25) is 0 Å². The average molecular weight is 461 g/mol. The van der Waals surface area contributed by atoms with E-state index >= 15 is 0 Å². The van der Waals surface area contributed by atoms with Gasteiger partial charge in [0.2, 0.25) is 10.0 Å². The summed E-state index contributed by atoms with van der Waals surface area (Å²) in [6.07, 6.45) is 0.543. The number of nitro groups is 1. The van der Waals surface area contributed by atoms with Crippen LogP contribution in [-0.4, -0.2) is 43.1 Å². The van der Waals surface area contributed by atoms with Gasteiger partial charge in [0, 0.05) is 24.6 Å². The fourth-order valence-corrected chi connectivity index (χ4v) is 5.71. The maximum Gasteiger partial charge on any atom is 0.306 e. The van der Waals surface area contributed by atoms with Gasteiger partial charge in [0.1, 0.15) is 6.29 Å². The summed E-state index contributed by atoms with van der Waals surface area (Å²) < 4.78 is 33.2. The molecule has 1 aliphatic heterocycles. The maximum absolute atomic E-state index is 13.5. The minimum atomic E-state index is -4.01. The third-order valence-corrected chi connectivity index (χ3v) is 7.46. The van der Waals surface area contributed by atoms with Crippen LogP contribution in [0.1, 0.15) is 30.5 Å². The summed E-state index contributed by atoms with van der Waals surface area (Å²) >= 11 is 0. The van der Waals surface area contributed by atoms with Crippen molar-refractivity contribution in [2.24, 2.45) is 11.8 Å². The van der Waals surface area contributed by atoms with Gasteiger partial charge in [-0.05, 0) is 37.5 Å². The first-order valence-corrected chi connectivity index (χ1v) is 11.6. The normalized spacial score (nSPS) is 21.2. The highest BCUT2D eigenvalue weighted by molar-refractivity contribution is 7.89. The van der Waals surface area contributed by atoms with Crippen molar-refractivity contribution in [3.05, 3.63) is 69.8 Å². The van der Waals surface area contributed by atoms with Gasteiger partial charge in [0.25, 0.3) is 5.69 Å². The SMILES string of the molecule is CCOC(=O)C[C@@H]1CN(S(=O)(=O)c2ccc(C)cc2)[C@H](c2ccc([N+](=O)[O-])cc2)[C@H]1C=O. The Morgan fingerprint density at radius 2 is 1.81 bits per heavy atom. The maximum atomic E-state index is 13.5. The molecule has 3 atom stereocenters. The number of benzene rings is 2. The van der Waals surface area contributed by atoms with E-state index in [1.165, 1.54) is 40.7 Å². The van der Waals surface area contributed by atoms with Crippen LogP contribution in [0.25, 0.3) is 0 Å². The molecule has 1 heterocycles. The van der Waals surface area contributed by atoms with E-state index in [0.29, 0.717) is 11.8 Å². The monoisotopic (exact) mass is 460 g/mol. The van der Waals surface area contributed by atoms with Gasteiger partial charge >= 0.3 is 5.97 Å². The van der Waals surface area contributed by atoms with Gasteiger partial charge in [0.15, 0.2) is 0 Å². The Kier molecular flexibility index (Phi) is 7.05. The minimum Gasteiger partial charge on any atom is -0.466 e. The van der Waals surface area contributed by atoms with E-state index in [1.807, 2.05) is 6.92 Å². The number of nitrogens with zero attached hydrogens (tertiary/aromatic N) is 2. The van der Waals surface area contributed by atoms with E-state index in [2.05, 4.69) is 0 Å². The molecule has 0 bridgehead atoms. The summed E-state index contributed by atoms with van der Waals surface area (Å²) in [6, 6.07) is 10.9. The zero-order chi connectivity index (χ0) is 23.5. The fraction of sp³-hybridized carbons (Fsp3) is 0.364. The number of aryl methyl sites for hydroxylation is 1. The molecule has 3 rings (SSSR count). The van der Waals surface area contributed by atoms with Gasteiger partial charge < -0.3 is 9.53 Å². The second kappa shape index (κ2) is 9.58. The Bertz CT molecular complexity index is 1100. The van der Waals surface area contributed by atoms with Gasteiger partial charge in [0.05, 0.1) is 28.9 Å². The number of nitro benzene ring substituents is 1. The van der Waals surface area contributed by atoms with Crippen LogP contribution in [0.3, 0.4) is 0 Å². The lowest BCUT2D eigenvalue weighted by Gasteiger charge is -2.26. The van der Waals surface area contributed by atoms with Crippen molar-refractivity contribution in [3.63, 3.8) is 0 Å². The third kappa shape index (κ3) is 4.71. The summed E-state index contributed by atoms with van der Waals surface area (Å²) in [7, 11) is -4.01. The standard InChI is InChI=1S/C22H24N2O7S/c1-3-31-21(26)12-17-13-23(32(29,30)19-10-4-15(2)5-11-19)22(20(17)14-25)16-6-8-18(9-7-16)24(27)28/h4-11,14,17,20,22H,3,12-13H2,1-2H3/t17-,20+,22-/m1/s1. The first-order chi connectivity index (χ1) is 15.2. The topological polar surface area (TPSA) is 124 Å². The molecule has 1 saturated heterocycles. The smallest absolute Gasteiger partial charge is 0.306 e. The number of carbonyl (C=O) groups is 2. The van der Waals surface area contributed by atoms with E-state index in [1.54, 1.807) is 19.1 Å². The predicted molar refractivity (Wildman–Crippen MR) is 115 cm³/mol. The summed E-state index contributed by atoms with van der Waals surface area (Å²) in [5, 5.41) is 11.0. The van der Waals surface area contributed by atoms with E-state index in [4.69, 9.17) is 4.74 Å². The van der Waals surface area contributed by atoms with Crippen molar-refractivity contribution < 1.29 is 27.7 Å². The minimum absolute atomic E-state index is 0.0555. The summed E-state index contributed by atoms with van der Waals surface area (Å²) in [6.45, 7) is 3.62. The molecule has 0 radical (unpaired) electrons. The molecular weight excluding hydrogens is 436 g/mol. The van der Waals surface area contributed by atoms with Crippen LogP contribution in [0.4, 0.5) is 5.69 Å². The highest BCUT2D eigenvalue weighted by Crippen LogP contribution is 2.44. The molecule has 1 fully saturated rings. The molecule has 170 valence electrons. The zero-order valence-corrected chi connectivity index (χ0v) is 18.5. The van der Waals surface area contributed by atoms with Crippen molar-refractivity contribution in [2.75, 3.05) is 13.2 Å². The van der Waals surface area contributed by atoms with Gasteiger partial charge in [-0.25, -0.2) is 8.42 Å². The van der Waals surface area contributed by atoms with E-state index in [9.17, 15) is 28.1 Å². The molecule has 2 aromatic rings. The largest absolute Gasteiger partial charge is 0.466 e. The fourth-order valence-electron chi connectivity index (χ4n) is 4.01. The zero-order valence-electron chi connectivity index (χ0n) is 17.7. The van der Waals surface area contributed by atoms with Crippen LogP contribution in [0.5, 0.6) is 0 Å². The first-order valence-electron chi connectivity index (χ1n) is 10.1. The summed E-state index contributed by atoms with van der Waals surface area (Å²) in [5.74, 6) is -1.92. The lowest BCUT2D eigenvalue weighted by atomic mass is 9.86. The van der Waals surface area contributed by atoms with Crippen LogP contribution in [-0.2, 0) is 24.3 Å². The van der Waals surface area contributed by atoms with Crippen molar-refractivity contribution in [2.45, 2.75) is 31.2 Å². The highest BCUT2D eigenvalue weighted by Gasteiger charge is 2.48. The second-order valence-corrected chi connectivity index (χ2v) is 9.55. The number of aldehydes is 1. The number of non-ortho nitro benzene ring substituents is 1. The molecular formula is C22H24N2O7S. The Morgan fingerprint density at radius 3 is 2.34 bits per heavy atom. The lowest BCUT2D eigenvalue weighted by Crippen LogP contribution is -2.32. The van der Waals surface area contributed by atoms with E-state index in [-0.39, 0.29) is 30.2 Å². The van der Waals surface area contributed by atoms with Gasteiger partial charge in [-0.1, -0.05) is 29.8 Å². The number of hydrogen-bond donors (Lipinski definition) is 0. The molecule has 32 heavy (non-hydrogen) atoms. The molecule has 0 spiro atoms. The predicted octanol–water partition coefficient (Wildman–Crippen LogP) is 3.03. The molecule has 0 amide bonds. The molecule has 0 aromatic heterocycles. The molecule has 2 aromatic carbocycles. The van der Waals surface area contributed by atoms with Crippen molar-refractivity contribution in [3.8, 4) is 0 Å². The number of sulfonamides is 1. The molecule has 0 aliphatic carbocycles. The van der Waals surface area contributed by atoms with Crippen LogP contribution in [0.15, 0.2) is 53.4 Å². The lowest BCUT2D eigenvalue weighted by molar-refractivity contribution is -0.384. The Morgan fingerprint density at radius 1 is 1.19 bits per heavy atom. The van der Waals surface area contributed by atoms with Crippen LogP contribution < -0.4 is 0 Å². The van der Waals surface area contributed by atoms with Crippen LogP contribution in [0, 0.1) is 28.9 Å². The van der Waals surface area contributed by atoms with Crippen LogP contribution >= 0.6 is 0 Å². The number of ether oxygens (including phenoxy) is 1. The molecule has 0 saturated carbocycles. The van der Waals surface area contributed by atoms with Gasteiger partial charge in [-0.3, -0.25) is 14.9 Å². The number of rotatable bonds is 8. The van der Waals surface area contributed by atoms with E-state index in [0.717, 1.165) is 5.56 Å². The van der Waals surface area contributed by atoms with Crippen molar-refractivity contribution in [1.82, 2.24) is 4.31 Å². The Labute approximate surface area is 186 Å². The number of esters is 1. The molecule has 10 heteroatoms. The number of carbonyl (C=O) groups excluding carboxylic acids is 2.